The van der Waals surface area contributed by atoms with Gasteiger partial charge >= 0.3 is 0 Å². The van der Waals surface area contributed by atoms with Crippen LogP contribution in [0, 0.1) is 11.3 Å². The zero-order valence-electron chi connectivity index (χ0n) is 11.5. The van der Waals surface area contributed by atoms with Crippen LogP contribution in [-0.4, -0.2) is 18.0 Å². The summed E-state index contributed by atoms with van der Waals surface area (Å²) in [6, 6.07) is 10.7. The summed E-state index contributed by atoms with van der Waals surface area (Å²) >= 11 is 0. The highest BCUT2D eigenvalue weighted by Crippen LogP contribution is 2.60. The maximum absolute atomic E-state index is 6.99. The fourth-order valence-electron chi connectivity index (χ4n) is 4.69. The SMILES string of the molecule is CCC1(CC)C2CCN(C2)[C@@]1(N)c1ccccc1. The molecule has 2 aliphatic rings. The monoisotopic (exact) mass is 244 g/mol. The van der Waals surface area contributed by atoms with Gasteiger partial charge in [0.15, 0.2) is 0 Å². The summed E-state index contributed by atoms with van der Waals surface area (Å²) in [4.78, 5) is 2.53. The Morgan fingerprint density at radius 3 is 2.50 bits per heavy atom. The predicted octanol–water partition coefficient (Wildman–Crippen LogP) is 2.94. The minimum absolute atomic E-state index is 0.249. The van der Waals surface area contributed by atoms with E-state index >= 15 is 0 Å². The van der Waals surface area contributed by atoms with Crippen LogP contribution >= 0.6 is 0 Å². The average Bonchev–Trinajstić information content (AvgIpc) is 2.99. The van der Waals surface area contributed by atoms with Crippen molar-refractivity contribution in [3.05, 3.63) is 35.9 Å². The van der Waals surface area contributed by atoms with Gasteiger partial charge in [-0.1, -0.05) is 44.2 Å². The molecule has 0 radical (unpaired) electrons. The number of hydrogen-bond donors (Lipinski definition) is 1. The predicted molar refractivity (Wildman–Crippen MR) is 75.0 cm³/mol. The normalized spacial score (nSPS) is 37.1. The van der Waals surface area contributed by atoms with Gasteiger partial charge in [-0.2, -0.15) is 0 Å². The third-order valence-corrected chi connectivity index (χ3v) is 5.70. The number of nitrogens with two attached hydrogens (primary N) is 1. The maximum atomic E-state index is 6.99. The molecule has 2 aliphatic heterocycles. The van der Waals surface area contributed by atoms with Crippen LogP contribution in [0.1, 0.15) is 38.7 Å². The molecule has 3 rings (SSSR count). The van der Waals surface area contributed by atoms with Gasteiger partial charge in [0.25, 0.3) is 0 Å². The van der Waals surface area contributed by atoms with E-state index in [-0.39, 0.29) is 11.1 Å². The first-order valence-electron chi connectivity index (χ1n) is 7.28. The van der Waals surface area contributed by atoms with Crippen LogP contribution in [0.4, 0.5) is 0 Å². The molecule has 0 spiro atoms. The average molecular weight is 244 g/mol. The van der Waals surface area contributed by atoms with Crippen LogP contribution < -0.4 is 5.73 Å². The van der Waals surface area contributed by atoms with E-state index in [4.69, 9.17) is 5.73 Å². The van der Waals surface area contributed by atoms with Crippen molar-refractivity contribution in [1.82, 2.24) is 4.90 Å². The highest BCUT2D eigenvalue weighted by Gasteiger charge is 2.63. The van der Waals surface area contributed by atoms with E-state index in [0.717, 1.165) is 12.5 Å². The highest BCUT2D eigenvalue weighted by molar-refractivity contribution is 5.31. The second-order valence-corrected chi connectivity index (χ2v) is 5.93. The minimum atomic E-state index is -0.249. The quantitative estimate of drug-likeness (QED) is 0.886. The van der Waals surface area contributed by atoms with E-state index < -0.39 is 0 Å². The third-order valence-electron chi connectivity index (χ3n) is 5.70. The molecule has 0 saturated carbocycles. The van der Waals surface area contributed by atoms with Crippen molar-refractivity contribution < 1.29 is 0 Å². The molecule has 2 nitrogen and oxygen atoms in total. The van der Waals surface area contributed by atoms with Crippen LogP contribution in [0.5, 0.6) is 0 Å². The number of hydrogen-bond acceptors (Lipinski definition) is 2. The summed E-state index contributed by atoms with van der Waals surface area (Å²) in [6.45, 7) is 6.98. The van der Waals surface area contributed by atoms with Crippen LogP contribution in [0.2, 0.25) is 0 Å². The molecule has 0 amide bonds. The van der Waals surface area contributed by atoms with Gasteiger partial charge in [0.05, 0.1) is 0 Å². The molecule has 2 heteroatoms. The standard InChI is InChI=1S/C16H24N2/c1-3-15(4-2)14-10-11-18(12-14)16(15,17)13-8-6-5-7-9-13/h5-9,14H,3-4,10-12,17H2,1-2H3/t14?,16-/m0/s1. The first-order chi connectivity index (χ1) is 8.69. The van der Waals surface area contributed by atoms with Gasteiger partial charge in [-0.3, -0.25) is 4.90 Å². The second kappa shape index (κ2) is 4.07. The summed E-state index contributed by atoms with van der Waals surface area (Å²) < 4.78 is 0. The van der Waals surface area contributed by atoms with E-state index in [1.807, 2.05) is 0 Å². The van der Waals surface area contributed by atoms with E-state index in [1.54, 1.807) is 0 Å². The molecule has 2 bridgehead atoms. The van der Waals surface area contributed by atoms with Gasteiger partial charge in [0.2, 0.25) is 0 Å². The number of fused-ring (bicyclic) bond motifs is 2. The molecule has 2 saturated heterocycles. The molecule has 1 aromatic carbocycles. The molecule has 2 N–H and O–H groups in total. The van der Waals surface area contributed by atoms with Crippen molar-refractivity contribution >= 4 is 0 Å². The molecule has 18 heavy (non-hydrogen) atoms. The first-order valence-corrected chi connectivity index (χ1v) is 7.28. The largest absolute Gasteiger partial charge is 0.309 e. The molecule has 1 aromatic rings. The lowest BCUT2D eigenvalue weighted by molar-refractivity contribution is -0.0189. The Hall–Kier alpha value is -0.860. The molecule has 98 valence electrons. The zero-order chi connectivity index (χ0) is 12.8. The highest BCUT2D eigenvalue weighted by atomic mass is 15.3. The fraction of sp³-hybridized carbons (Fsp3) is 0.625. The van der Waals surface area contributed by atoms with Crippen LogP contribution in [-0.2, 0) is 5.66 Å². The Bertz CT molecular complexity index is 424. The van der Waals surface area contributed by atoms with Crippen molar-refractivity contribution in [3.8, 4) is 0 Å². The minimum Gasteiger partial charge on any atom is -0.309 e. The summed E-state index contributed by atoms with van der Waals surface area (Å²) in [5, 5.41) is 0. The van der Waals surface area contributed by atoms with Crippen molar-refractivity contribution in [1.29, 1.82) is 0 Å². The Labute approximate surface area is 110 Å². The summed E-state index contributed by atoms with van der Waals surface area (Å²) in [7, 11) is 0. The molecule has 0 aliphatic carbocycles. The fourth-order valence-corrected chi connectivity index (χ4v) is 4.69. The van der Waals surface area contributed by atoms with Crippen molar-refractivity contribution in [2.24, 2.45) is 17.1 Å². The molecular weight excluding hydrogens is 220 g/mol. The Kier molecular flexibility index (Phi) is 2.76. The van der Waals surface area contributed by atoms with E-state index in [2.05, 4.69) is 49.1 Å². The molecule has 0 aromatic heterocycles. The summed E-state index contributed by atoms with van der Waals surface area (Å²) in [5.74, 6) is 0.776. The van der Waals surface area contributed by atoms with Crippen LogP contribution in [0.15, 0.2) is 30.3 Å². The number of piperidine rings is 1. The number of nitrogens with zero attached hydrogens (tertiary/aromatic N) is 1. The Morgan fingerprint density at radius 2 is 1.89 bits per heavy atom. The second-order valence-electron chi connectivity index (χ2n) is 5.93. The lowest BCUT2D eigenvalue weighted by atomic mass is 9.61. The van der Waals surface area contributed by atoms with Crippen molar-refractivity contribution in [3.63, 3.8) is 0 Å². The van der Waals surface area contributed by atoms with Gasteiger partial charge in [-0.05, 0) is 30.7 Å². The topological polar surface area (TPSA) is 29.3 Å². The molecule has 3 atom stereocenters. The lowest BCUT2D eigenvalue weighted by Crippen LogP contribution is -2.60. The maximum Gasteiger partial charge on any atom is 0.101 e. The molecule has 2 heterocycles. The Morgan fingerprint density at radius 1 is 1.22 bits per heavy atom. The molecular formula is C16H24N2. The van der Waals surface area contributed by atoms with Gasteiger partial charge in [-0.15, -0.1) is 0 Å². The van der Waals surface area contributed by atoms with Crippen molar-refractivity contribution in [2.75, 3.05) is 13.1 Å². The summed E-state index contributed by atoms with van der Waals surface area (Å²) in [6.07, 6.45) is 3.68. The third kappa shape index (κ3) is 1.25. The zero-order valence-corrected chi connectivity index (χ0v) is 11.5. The van der Waals surface area contributed by atoms with Gasteiger partial charge in [-0.25, -0.2) is 0 Å². The van der Waals surface area contributed by atoms with Gasteiger partial charge in [0, 0.05) is 18.5 Å². The first kappa shape index (κ1) is 12.2. The molecule has 2 fully saturated rings. The Balaban J connectivity index is 2.13. The number of rotatable bonds is 3. The van der Waals surface area contributed by atoms with Crippen LogP contribution in [0.3, 0.4) is 0 Å². The number of benzene rings is 1. The lowest BCUT2D eigenvalue weighted by Gasteiger charge is -2.51. The smallest absolute Gasteiger partial charge is 0.101 e. The van der Waals surface area contributed by atoms with E-state index in [0.29, 0.717) is 0 Å². The van der Waals surface area contributed by atoms with Crippen molar-refractivity contribution in [2.45, 2.75) is 38.8 Å². The molecule has 2 unspecified atom stereocenters. The van der Waals surface area contributed by atoms with Crippen LogP contribution in [0.25, 0.3) is 0 Å². The van der Waals surface area contributed by atoms with Gasteiger partial charge in [0.1, 0.15) is 5.66 Å². The van der Waals surface area contributed by atoms with Gasteiger partial charge < -0.3 is 5.73 Å². The summed E-state index contributed by atoms with van der Waals surface area (Å²) in [5.41, 5.74) is 8.30. The van der Waals surface area contributed by atoms with E-state index in [9.17, 15) is 0 Å². The van der Waals surface area contributed by atoms with E-state index in [1.165, 1.54) is 31.4 Å².